The number of ketones is 1. The summed E-state index contributed by atoms with van der Waals surface area (Å²) in [6, 6.07) is 7.78. The van der Waals surface area contributed by atoms with Gasteiger partial charge in [-0.15, -0.1) is 11.8 Å². The largest absolute Gasteiger partial charge is 0.366 e. The summed E-state index contributed by atoms with van der Waals surface area (Å²) >= 11 is 1.67. The van der Waals surface area contributed by atoms with Crippen LogP contribution < -0.4 is 0 Å². The summed E-state index contributed by atoms with van der Waals surface area (Å²) in [5.41, 5.74) is 1.95. The molecule has 1 aliphatic rings. The summed E-state index contributed by atoms with van der Waals surface area (Å²) in [5.74, 6) is 0.106. The fourth-order valence-electron chi connectivity index (χ4n) is 2.31. The molecule has 1 aromatic carbocycles. The maximum Gasteiger partial charge on any atom is 0.188 e. The van der Waals surface area contributed by atoms with E-state index >= 15 is 0 Å². The quantitative estimate of drug-likeness (QED) is 0.614. The van der Waals surface area contributed by atoms with E-state index in [9.17, 15) is 4.79 Å². The van der Waals surface area contributed by atoms with Crippen LogP contribution in [0.3, 0.4) is 0 Å². The number of benzene rings is 1. The summed E-state index contributed by atoms with van der Waals surface area (Å²) < 4.78 is 0. The van der Waals surface area contributed by atoms with Crippen LogP contribution in [0, 0.1) is 6.92 Å². The Hall–Kier alpha value is -1.22. The van der Waals surface area contributed by atoms with Gasteiger partial charge in [0, 0.05) is 24.7 Å². The summed E-state index contributed by atoms with van der Waals surface area (Å²) in [4.78, 5) is 14.6. The first-order valence-corrected chi connectivity index (χ1v) is 8.05. The molecule has 0 radical (unpaired) electrons. The van der Waals surface area contributed by atoms with Crippen molar-refractivity contribution in [3.8, 4) is 0 Å². The number of likely N-dealkylation sites (tertiary alicyclic amines) is 1. The van der Waals surface area contributed by atoms with Crippen LogP contribution in [0.15, 0.2) is 35.4 Å². The zero-order valence-electron chi connectivity index (χ0n) is 11.7. The van der Waals surface area contributed by atoms with E-state index < -0.39 is 0 Å². The Labute approximate surface area is 119 Å². The minimum atomic E-state index is 0.106. The number of allylic oxidation sites excluding steroid dienone is 1. The van der Waals surface area contributed by atoms with Gasteiger partial charge in [-0.1, -0.05) is 29.8 Å². The molecule has 0 atom stereocenters. The highest BCUT2D eigenvalue weighted by Crippen LogP contribution is 2.23. The van der Waals surface area contributed by atoms with E-state index in [-0.39, 0.29) is 5.78 Å². The molecule has 1 aromatic rings. The Bertz CT molecular complexity index is 458. The van der Waals surface area contributed by atoms with E-state index in [2.05, 4.69) is 4.90 Å². The van der Waals surface area contributed by atoms with Gasteiger partial charge in [0.2, 0.25) is 0 Å². The molecule has 2 nitrogen and oxygen atoms in total. The fourth-order valence-corrected chi connectivity index (χ4v) is 2.97. The minimum Gasteiger partial charge on any atom is -0.366 e. The van der Waals surface area contributed by atoms with Crippen LogP contribution in [-0.4, -0.2) is 30.0 Å². The van der Waals surface area contributed by atoms with Crippen molar-refractivity contribution < 1.29 is 4.79 Å². The second kappa shape index (κ2) is 6.80. The van der Waals surface area contributed by atoms with E-state index in [4.69, 9.17) is 0 Å². The zero-order chi connectivity index (χ0) is 13.7. The molecule has 0 N–H and O–H groups in total. The van der Waals surface area contributed by atoms with Gasteiger partial charge in [0.05, 0.1) is 5.03 Å². The predicted octanol–water partition coefficient (Wildman–Crippen LogP) is 3.87. The van der Waals surface area contributed by atoms with Crippen molar-refractivity contribution in [3.63, 3.8) is 0 Å². The number of nitrogens with zero attached hydrogens (tertiary/aromatic N) is 1. The van der Waals surface area contributed by atoms with Gasteiger partial charge in [-0.05, 0) is 32.4 Å². The molecule has 102 valence electrons. The molecule has 0 spiro atoms. The highest BCUT2D eigenvalue weighted by atomic mass is 32.2. The van der Waals surface area contributed by atoms with Gasteiger partial charge in [-0.2, -0.15) is 0 Å². The number of hydrogen-bond donors (Lipinski definition) is 0. The maximum absolute atomic E-state index is 12.3. The third-order valence-electron chi connectivity index (χ3n) is 3.47. The molecule has 3 heteroatoms. The second-order valence-corrected chi connectivity index (χ2v) is 5.79. The first-order chi connectivity index (χ1) is 9.20. The zero-order valence-corrected chi connectivity index (χ0v) is 12.5. The molecule has 1 saturated heterocycles. The van der Waals surface area contributed by atoms with Crippen molar-refractivity contribution in [1.82, 2.24) is 4.90 Å². The number of aryl methyl sites for hydroxylation is 1. The topological polar surface area (TPSA) is 20.3 Å². The Kier molecular flexibility index (Phi) is 5.08. The average molecular weight is 275 g/mol. The molecule has 19 heavy (non-hydrogen) atoms. The molecular formula is C16H21NOS. The Balaban J connectivity index is 2.12. The molecule has 1 aliphatic heterocycles. The van der Waals surface area contributed by atoms with Crippen LogP contribution in [0.4, 0.5) is 0 Å². The van der Waals surface area contributed by atoms with Crippen molar-refractivity contribution in [2.45, 2.75) is 26.2 Å². The van der Waals surface area contributed by atoms with E-state index in [0.717, 1.165) is 23.7 Å². The van der Waals surface area contributed by atoms with Crippen molar-refractivity contribution in [2.24, 2.45) is 0 Å². The SMILES string of the molecule is CS/C(=C\C(=O)c1ccc(C)cc1)N1CCCCC1. The monoisotopic (exact) mass is 275 g/mol. The van der Waals surface area contributed by atoms with Gasteiger partial charge >= 0.3 is 0 Å². The maximum atomic E-state index is 12.3. The van der Waals surface area contributed by atoms with E-state index in [1.807, 2.05) is 37.4 Å². The summed E-state index contributed by atoms with van der Waals surface area (Å²) in [6.45, 7) is 4.19. The number of carbonyl (C=O) groups is 1. The van der Waals surface area contributed by atoms with E-state index in [0.29, 0.717) is 0 Å². The van der Waals surface area contributed by atoms with Crippen molar-refractivity contribution in [1.29, 1.82) is 0 Å². The van der Waals surface area contributed by atoms with Gasteiger partial charge in [0.25, 0.3) is 0 Å². The predicted molar refractivity (Wildman–Crippen MR) is 82.5 cm³/mol. The highest BCUT2D eigenvalue weighted by molar-refractivity contribution is 8.02. The Morgan fingerprint density at radius 3 is 2.37 bits per heavy atom. The molecule has 0 aromatic heterocycles. The number of hydrogen-bond acceptors (Lipinski definition) is 3. The van der Waals surface area contributed by atoms with Crippen LogP contribution in [0.1, 0.15) is 35.2 Å². The smallest absolute Gasteiger partial charge is 0.188 e. The summed E-state index contributed by atoms with van der Waals surface area (Å²) in [5, 5.41) is 1.10. The normalized spacial score (nSPS) is 16.5. The summed E-state index contributed by atoms with van der Waals surface area (Å²) in [7, 11) is 0. The fraction of sp³-hybridized carbons (Fsp3) is 0.438. The van der Waals surface area contributed by atoms with Crippen LogP contribution in [0.2, 0.25) is 0 Å². The van der Waals surface area contributed by atoms with E-state index in [1.165, 1.54) is 24.8 Å². The van der Waals surface area contributed by atoms with Crippen molar-refractivity contribution in [2.75, 3.05) is 19.3 Å². The van der Waals surface area contributed by atoms with Crippen molar-refractivity contribution >= 4 is 17.5 Å². The summed E-state index contributed by atoms with van der Waals surface area (Å²) in [6.07, 6.45) is 7.61. The lowest BCUT2D eigenvalue weighted by atomic mass is 10.1. The molecule has 0 saturated carbocycles. The van der Waals surface area contributed by atoms with Gasteiger partial charge in [0.1, 0.15) is 0 Å². The molecule has 0 unspecified atom stereocenters. The third-order valence-corrected chi connectivity index (χ3v) is 4.26. The van der Waals surface area contributed by atoms with Crippen LogP contribution in [0.25, 0.3) is 0 Å². The van der Waals surface area contributed by atoms with Gasteiger partial charge in [-0.3, -0.25) is 4.79 Å². The van der Waals surface area contributed by atoms with Gasteiger partial charge in [-0.25, -0.2) is 0 Å². The molecule has 0 aliphatic carbocycles. The molecule has 2 rings (SSSR count). The lowest BCUT2D eigenvalue weighted by Gasteiger charge is -2.29. The Morgan fingerprint density at radius 1 is 1.16 bits per heavy atom. The molecule has 0 bridgehead atoms. The number of thioether (sulfide) groups is 1. The molecule has 0 amide bonds. The number of carbonyl (C=O) groups excluding carboxylic acids is 1. The molecule has 1 fully saturated rings. The molecule has 1 heterocycles. The van der Waals surface area contributed by atoms with Gasteiger partial charge < -0.3 is 4.90 Å². The molecular weight excluding hydrogens is 254 g/mol. The number of rotatable bonds is 4. The number of piperidine rings is 1. The second-order valence-electron chi connectivity index (χ2n) is 4.96. The van der Waals surface area contributed by atoms with Crippen LogP contribution >= 0.6 is 11.8 Å². The first-order valence-electron chi connectivity index (χ1n) is 6.82. The minimum absolute atomic E-state index is 0.106. The average Bonchev–Trinajstić information content (AvgIpc) is 2.46. The standard InChI is InChI=1S/C16H21NOS/c1-13-6-8-14(9-7-13)15(18)12-16(19-2)17-10-4-3-5-11-17/h6-9,12H,3-5,10-11H2,1-2H3/b16-12-. The van der Waals surface area contributed by atoms with Gasteiger partial charge in [0.15, 0.2) is 5.78 Å². The van der Waals surface area contributed by atoms with E-state index in [1.54, 1.807) is 17.8 Å². The van der Waals surface area contributed by atoms with Crippen LogP contribution in [0.5, 0.6) is 0 Å². The lowest BCUT2D eigenvalue weighted by Crippen LogP contribution is -2.28. The first kappa shape index (κ1) is 14.2. The van der Waals surface area contributed by atoms with Crippen LogP contribution in [-0.2, 0) is 0 Å². The highest BCUT2D eigenvalue weighted by Gasteiger charge is 2.14. The lowest BCUT2D eigenvalue weighted by molar-refractivity contribution is 0.104. The van der Waals surface area contributed by atoms with Crippen molar-refractivity contribution in [3.05, 3.63) is 46.5 Å². The Morgan fingerprint density at radius 2 is 1.79 bits per heavy atom. The third kappa shape index (κ3) is 3.87.